The van der Waals surface area contributed by atoms with Crippen LogP contribution in [0, 0.1) is 29.6 Å². The maximum Gasteiger partial charge on any atom is 0.326 e. The first-order chi connectivity index (χ1) is 17.6. The number of carbonyl (C=O) groups excluding carboxylic acids is 3. The quantitative estimate of drug-likeness (QED) is 0.240. The van der Waals surface area contributed by atoms with E-state index in [0.717, 1.165) is 46.4 Å². The highest BCUT2D eigenvalue weighted by Crippen LogP contribution is 2.70. The smallest absolute Gasteiger partial charge is 0.326 e. The second-order valence-electron chi connectivity index (χ2n) is 11.6. The molecule has 2 fully saturated rings. The van der Waals surface area contributed by atoms with Gasteiger partial charge in [0, 0.05) is 0 Å². The third kappa shape index (κ3) is 3.42. The largest absolute Gasteiger partial charge is 0.461 e. The van der Waals surface area contributed by atoms with Gasteiger partial charge in [-0.05, 0) is 52.8 Å². The van der Waals surface area contributed by atoms with Gasteiger partial charge in [0.1, 0.15) is 12.6 Å². The molecule has 7 heteroatoms. The Kier molecular flexibility index (Phi) is 6.00. The summed E-state index contributed by atoms with van der Waals surface area (Å²) in [5.74, 6) is -1.31. The van der Waals surface area contributed by atoms with E-state index in [4.69, 9.17) is 4.74 Å². The SMILES string of the molecule is CC(C)[C@H]1CC[C@H](C)C[C@H]1OC(=O)CN1C(=O)[C@@H]2[C@@H](C1=O)C1(Br)c3ccccc3C2(Br)c2ccccc21. The Balaban J connectivity index is 1.34. The average molecular weight is 629 g/mol. The Labute approximate surface area is 234 Å². The third-order valence-electron chi connectivity index (χ3n) is 9.21. The summed E-state index contributed by atoms with van der Waals surface area (Å²) in [5, 5.41) is 0. The van der Waals surface area contributed by atoms with Gasteiger partial charge in [-0.3, -0.25) is 19.3 Å². The number of alkyl halides is 2. The first-order valence-corrected chi connectivity index (χ1v) is 14.8. The molecule has 37 heavy (non-hydrogen) atoms. The normalized spacial score (nSPS) is 35.8. The lowest BCUT2D eigenvalue weighted by atomic mass is 9.54. The zero-order valence-corrected chi connectivity index (χ0v) is 24.4. The van der Waals surface area contributed by atoms with E-state index in [9.17, 15) is 14.4 Å². The van der Waals surface area contributed by atoms with Crippen molar-refractivity contribution in [3.8, 4) is 0 Å². The number of hydrogen-bond donors (Lipinski definition) is 0. The number of esters is 1. The Hall–Kier alpha value is -1.99. The highest BCUT2D eigenvalue weighted by atomic mass is 79.9. The summed E-state index contributed by atoms with van der Waals surface area (Å²) in [6.45, 7) is 6.16. The van der Waals surface area contributed by atoms with Gasteiger partial charge in [-0.1, -0.05) is 108 Å². The van der Waals surface area contributed by atoms with Crippen LogP contribution in [0.4, 0.5) is 0 Å². The van der Waals surface area contributed by atoms with Crippen molar-refractivity contribution < 1.29 is 19.1 Å². The second kappa shape index (κ2) is 8.77. The van der Waals surface area contributed by atoms with Gasteiger partial charge in [0.25, 0.3) is 0 Å². The molecule has 4 aliphatic carbocycles. The molecule has 194 valence electrons. The van der Waals surface area contributed by atoms with Crippen molar-refractivity contribution in [1.29, 1.82) is 0 Å². The monoisotopic (exact) mass is 627 g/mol. The number of carbonyl (C=O) groups is 3. The van der Waals surface area contributed by atoms with Crippen molar-refractivity contribution in [2.75, 3.05) is 6.54 Å². The van der Waals surface area contributed by atoms with Crippen molar-refractivity contribution in [3.63, 3.8) is 0 Å². The number of benzene rings is 2. The Morgan fingerprint density at radius 1 is 0.919 bits per heavy atom. The molecule has 1 aliphatic heterocycles. The lowest BCUT2D eigenvalue weighted by Crippen LogP contribution is -2.56. The summed E-state index contributed by atoms with van der Waals surface area (Å²) in [6, 6.07) is 15.9. The van der Waals surface area contributed by atoms with Crippen molar-refractivity contribution in [1.82, 2.24) is 4.90 Å². The molecule has 2 aromatic rings. The molecule has 5 nitrogen and oxygen atoms in total. The summed E-state index contributed by atoms with van der Waals surface area (Å²) >= 11 is 7.99. The number of nitrogens with zero attached hydrogens (tertiary/aromatic N) is 1. The summed E-state index contributed by atoms with van der Waals surface area (Å²) in [6.07, 6.45) is 2.80. The van der Waals surface area contributed by atoms with E-state index in [1.54, 1.807) is 0 Å². The molecule has 0 unspecified atom stereocenters. The van der Waals surface area contributed by atoms with Crippen molar-refractivity contribution >= 4 is 49.6 Å². The minimum absolute atomic E-state index is 0.180. The number of rotatable bonds is 4. The minimum Gasteiger partial charge on any atom is -0.461 e. The molecule has 0 N–H and O–H groups in total. The molecule has 0 spiro atoms. The van der Waals surface area contributed by atoms with E-state index in [0.29, 0.717) is 17.8 Å². The molecule has 1 saturated carbocycles. The zero-order chi connectivity index (χ0) is 26.3. The Morgan fingerprint density at radius 2 is 1.38 bits per heavy atom. The highest BCUT2D eigenvalue weighted by Gasteiger charge is 2.72. The van der Waals surface area contributed by atoms with E-state index in [1.807, 2.05) is 48.5 Å². The van der Waals surface area contributed by atoms with Gasteiger partial charge < -0.3 is 4.74 Å². The number of amides is 2. The fourth-order valence-electron chi connectivity index (χ4n) is 7.47. The van der Waals surface area contributed by atoms with Crippen LogP contribution >= 0.6 is 31.9 Å². The van der Waals surface area contributed by atoms with Gasteiger partial charge in [-0.15, -0.1) is 0 Å². The van der Waals surface area contributed by atoms with Crippen LogP contribution in [0.5, 0.6) is 0 Å². The zero-order valence-electron chi connectivity index (χ0n) is 21.2. The lowest BCUT2D eigenvalue weighted by Gasteiger charge is -2.55. The predicted octanol–water partition coefficient (Wildman–Crippen LogP) is 5.90. The molecule has 2 bridgehead atoms. The van der Waals surface area contributed by atoms with Crippen molar-refractivity contribution in [2.45, 2.75) is 54.8 Å². The van der Waals surface area contributed by atoms with Crippen molar-refractivity contribution in [2.24, 2.45) is 29.6 Å². The van der Waals surface area contributed by atoms with Gasteiger partial charge in [0.2, 0.25) is 11.8 Å². The third-order valence-corrected chi connectivity index (χ3v) is 11.9. The Morgan fingerprint density at radius 3 is 1.81 bits per heavy atom. The van der Waals surface area contributed by atoms with Gasteiger partial charge in [-0.2, -0.15) is 0 Å². The van der Waals surface area contributed by atoms with Crippen LogP contribution in [0.2, 0.25) is 0 Å². The molecule has 1 heterocycles. The van der Waals surface area contributed by atoms with E-state index in [2.05, 4.69) is 52.6 Å². The molecule has 0 radical (unpaired) electrons. The van der Waals surface area contributed by atoms with Crippen LogP contribution in [0.15, 0.2) is 48.5 Å². The molecular formula is C30H31Br2NO4. The number of ether oxygens (including phenoxy) is 1. The molecular weight excluding hydrogens is 598 g/mol. The van der Waals surface area contributed by atoms with Crippen molar-refractivity contribution in [3.05, 3.63) is 70.8 Å². The summed E-state index contributed by atoms with van der Waals surface area (Å²) < 4.78 is 4.27. The van der Waals surface area contributed by atoms with Crippen LogP contribution < -0.4 is 0 Å². The van der Waals surface area contributed by atoms with E-state index in [-0.39, 0.29) is 24.5 Å². The molecule has 1 saturated heterocycles. The number of imide groups is 1. The lowest BCUT2D eigenvalue weighted by molar-refractivity contribution is -0.161. The number of hydrogen-bond acceptors (Lipinski definition) is 4. The molecule has 5 aliphatic rings. The number of halogens is 2. The maximum atomic E-state index is 14.0. The molecule has 2 amide bonds. The van der Waals surface area contributed by atoms with Gasteiger partial charge >= 0.3 is 5.97 Å². The first kappa shape index (κ1) is 25.3. The molecule has 2 aromatic carbocycles. The molecule has 0 aromatic heterocycles. The summed E-state index contributed by atoms with van der Waals surface area (Å²) in [7, 11) is 0. The van der Waals surface area contributed by atoms with E-state index in [1.165, 1.54) is 0 Å². The summed E-state index contributed by atoms with van der Waals surface area (Å²) in [5.41, 5.74) is 3.92. The van der Waals surface area contributed by atoms with Crippen LogP contribution in [0.3, 0.4) is 0 Å². The fourth-order valence-corrected chi connectivity index (χ4v) is 9.77. The Bertz CT molecular complexity index is 1180. The van der Waals surface area contributed by atoms with Crippen LogP contribution in [-0.4, -0.2) is 35.3 Å². The first-order valence-electron chi connectivity index (χ1n) is 13.2. The standard InChI is InChI=1S/C30H31Br2NO4/c1-16(2)18-13-12-17(3)14-23(18)37-24(34)15-33-27(35)25-26(28(33)36)30(32)20-9-5-4-8-19(20)29(25,31)21-10-6-7-11-22(21)30/h4-11,16-18,23,25-26H,12-15H2,1-3H3/t17-,18+,23+,25-,26-,29?,30?/m0/s1. The number of likely N-dealkylation sites (tertiary alicyclic amines) is 1. The maximum absolute atomic E-state index is 14.0. The van der Waals surface area contributed by atoms with Gasteiger partial charge in [-0.25, -0.2) is 0 Å². The van der Waals surface area contributed by atoms with Gasteiger partial charge in [0.15, 0.2) is 0 Å². The van der Waals surface area contributed by atoms with E-state index >= 15 is 0 Å². The topological polar surface area (TPSA) is 63.7 Å². The minimum atomic E-state index is -0.854. The van der Waals surface area contributed by atoms with Crippen LogP contribution in [0.1, 0.15) is 62.3 Å². The van der Waals surface area contributed by atoms with Crippen LogP contribution in [0.25, 0.3) is 0 Å². The average Bonchev–Trinajstić information content (AvgIpc) is 3.13. The highest BCUT2D eigenvalue weighted by molar-refractivity contribution is 9.10. The fraction of sp³-hybridized carbons (Fsp3) is 0.500. The predicted molar refractivity (Wildman–Crippen MR) is 147 cm³/mol. The molecule has 5 atom stereocenters. The van der Waals surface area contributed by atoms with E-state index < -0.39 is 26.5 Å². The molecule has 7 rings (SSSR count). The van der Waals surface area contributed by atoms with Crippen LogP contribution in [-0.2, 0) is 27.8 Å². The second-order valence-corrected chi connectivity index (χ2v) is 14.1. The summed E-state index contributed by atoms with van der Waals surface area (Å²) in [4.78, 5) is 42.4. The van der Waals surface area contributed by atoms with Gasteiger partial charge in [0.05, 0.1) is 20.5 Å².